The molecule has 3 heterocycles. The number of fused-ring (bicyclic) bond motifs is 1. The van der Waals surface area contributed by atoms with Crippen LogP contribution in [0, 0.1) is 11.3 Å². The summed E-state index contributed by atoms with van der Waals surface area (Å²) >= 11 is 1.78. The molecule has 0 radical (unpaired) electrons. The van der Waals surface area contributed by atoms with Crippen LogP contribution in [0.25, 0.3) is 0 Å². The van der Waals surface area contributed by atoms with Crippen LogP contribution in [0.4, 0.5) is 0 Å². The minimum atomic E-state index is -0.0462. The summed E-state index contributed by atoms with van der Waals surface area (Å²) in [5.74, 6) is 1.08. The molecule has 138 valence electrons. The number of likely N-dealkylation sites (tertiary alicyclic amines) is 1. The highest BCUT2D eigenvalue weighted by Gasteiger charge is 2.33. The molecule has 0 spiro atoms. The lowest BCUT2D eigenvalue weighted by Gasteiger charge is -2.34. The molecule has 1 fully saturated rings. The Bertz CT molecular complexity index is 741. The third-order valence-corrected chi connectivity index (χ3v) is 6.78. The maximum atomic E-state index is 8.66. The van der Waals surface area contributed by atoms with Gasteiger partial charge < -0.3 is 15.5 Å². The van der Waals surface area contributed by atoms with E-state index in [4.69, 9.17) is 11.1 Å². The molecular weight excluding hydrogens is 340 g/mol. The molecular formula is C21H28N4S. The number of amidine groups is 1. The van der Waals surface area contributed by atoms with Gasteiger partial charge in [0.15, 0.2) is 0 Å². The molecule has 4 rings (SSSR count). The molecule has 0 saturated carbocycles. The van der Waals surface area contributed by atoms with E-state index >= 15 is 0 Å². The van der Waals surface area contributed by atoms with E-state index in [0.717, 1.165) is 57.4 Å². The number of aryl methyl sites for hydroxylation is 1. The highest BCUT2D eigenvalue weighted by Crippen LogP contribution is 2.28. The average molecular weight is 369 g/mol. The van der Waals surface area contributed by atoms with Crippen molar-refractivity contribution in [1.82, 2.24) is 9.80 Å². The normalized spacial score (nSPS) is 22.3. The third-order valence-electron chi connectivity index (χ3n) is 5.80. The van der Waals surface area contributed by atoms with Crippen molar-refractivity contribution in [2.24, 2.45) is 11.7 Å². The number of nitrogens with one attached hydrogen (secondary N) is 1. The second kappa shape index (κ2) is 7.91. The van der Waals surface area contributed by atoms with E-state index in [9.17, 15) is 0 Å². The number of hydrogen-bond donors (Lipinski definition) is 2. The molecule has 2 atom stereocenters. The summed E-state index contributed by atoms with van der Waals surface area (Å²) in [4.78, 5) is 6.04. The molecule has 5 heteroatoms. The lowest BCUT2D eigenvalue weighted by atomic mass is 10.0. The SMILES string of the molecule is N=C1c2ccsc2CCCN1C(N)C1CCN(CCc2ccccc2)C1. The quantitative estimate of drug-likeness (QED) is 0.852. The van der Waals surface area contributed by atoms with Crippen LogP contribution in [0.3, 0.4) is 0 Å². The number of rotatable bonds is 5. The smallest absolute Gasteiger partial charge is 0.130 e. The van der Waals surface area contributed by atoms with Crippen LogP contribution in [0.2, 0.25) is 0 Å². The van der Waals surface area contributed by atoms with Crippen LogP contribution < -0.4 is 5.73 Å². The van der Waals surface area contributed by atoms with Crippen molar-refractivity contribution in [3.8, 4) is 0 Å². The minimum Gasteiger partial charge on any atom is -0.341 e. The summed E-state index contributed by atoms with van der Waals surface area (Å²) in [6, 6.07) is 12.8. The largest absolute Gasteiger partial charge is 0.341 e. The minimum absolute atomic E-state index is 0.0462. The van der Waals surface area contributed by atoms with Gasteiger partial charge in [0.2, 0.25) is 0 Å². The molecule has 0 bridgehead atoms. The second-order valence-electron chi connectivity index (χ2n) is 7.48. The Hall–Kier alpha value is -1.69. The molecule has 1 saturated heterocycles. The maximum absolute atomic E-state index is 8.66. The summed E-state index contributed by atoms with van der Waals surface area (Å²) in [5.41, 5.74) is 9.17. The van der Waals surface area contributed by atoms with E-state index < -0.39 is 0 Å². The first-order chi connectivity index (χ1) is 12.7. The topological polar surface area (TPSA) is 56.4 Å². The Labute approximate surface area is 160 Å². The average Bonchev–Trinajstić information content (AvgIpc) is 3.30. The van der Waals surface area contributed by atoms with Gasteiger partial charge in [-0.15, -0.1) is 11.3 Å². The fourth-order valence-electron chi connectivity index (χ4n) is 4.25. The summed E-state index contributed by atoms with van der Waals surface area (Å²) in [5, 5.41) is 10.8. The van der Waals surface area contributed by atoms with Crippen LogP contribution >= 0.6 is 11.3 Å². The lowest BCUT2D eigenvalue weighted by molar-refractivity contribution is 0.223. The number of thiophene rings is 1. The van der Waals surface area contributed by atoms with E-state index in [1.165, 1.54) is 10.4 Å². The molecule has 2 unspecified atom stereocenters. The van der Waals surface area contributed by atoms with Gasteiger partial charge in [0.1, 0.15) is 5.84 Å². The molecule has 1 aromatic heterocycles. The van der Waals surface area contributed by atoms with Crippen molar-refractivity contribution in [1.29, 1.82) is 5.41 Å². The highest BCUT2D eigenvalue weighted by molar-refractivity contribution is 7.10. The molecule has 1 aromatic carbocycles. The Morgan fingerprint density at radius 3 is 2.88 bits per heavy atom. The van der Waals surface area contributed by atoms with Gasteiger partial charge in [0, 0.05) is 36.0 Å². The lowest BCUT2D eigenvalue weighted by Crippen LogP contribution is -2.51. The van der Waals surface area contributed by atoms with Crippen LogP contribution in [-0.2, 0) is 12.8 Å². The third kappa shape index (κ3) is 3.70. The van der Waals surface area contributed by atoms with Gasteiger partial charge in [-0.1, -0.05) is 30.3 Å². The van der Waals surface area contributed by atoms with Crippen molar-refractivity contribution < 1.29 is 0 Å². The summed E-state index contributed by atoms with van der Waals surface area (Å²) in [6.07, 6.45) is 4.35. The van der Waals surface area contributed by atoms with Gasteiger partial charge in [-0.25, -0.2) is 0 Å². The van der Waals surface area contributed by atoms with E-state index in [0.29, 0.717) is 11.8 Å². The Kier molecular flexibility index (Phi) is 5.38. The number of benzene rings is 1. The van der Waals surface area contributed by atoms with E-state index in [1.54, 1.807) is 11.3 Å². The van der Waals surface area contributed by atoms with Crippen molar-refractivity contribution in [3.63, 3.8) is 0 Å². The van der Waals surface area contributed by atoms with E-state index in [2.05, 4.69) is 51.6 Å². The summed E-state index contributed by atoms with van der Waals surface area (Å²) < 4.78 is 0. The molecule has 2 aromatic rings. The number of nitrogens with zero attached hydrogens (tertiary/aromatic N) is 2. The summed E-state index contributed by atoms with van der Waals surface area (Å²) in [6.45, 7) is 4.17. The van der Waals surface area contributed by atoms with Crippen molar-refractivity contribution in [3.05, 3.63) is 57.8 Å². The molecule has 26 heavy (non-hydrogen) atoms. The monoisotopic (exact) mass is 368 g/mol. The molecule has 2 aliphatic heterocycles. The van der Waals surface area contributed by atoms with Gasteiger partial charge >= 0.3 is 0 Å². The first-order valence-electron chi connectivity index (χ1n) is 9.66. The first kappa shape index (κ1) is 17.7. The highest BCUT2D eigenvalue weighted by atomic mass is 32.1. The predicted molar refractivity (Wildman–Crippen MR) is 109 cm³/mol. The Morgan fingerprint density at radius 2 is 2.04 bits per heavy atom. The van der Waals surface area contributed by atoms with E-state index in [1.807, 2.05) is 0 Å². The van der Waals surface area contributed by atoms with Crippen LogP contribution in [0.1, 0.15) is 28.8 Å². The zero-order valence-electron chi connectivity index (χ0n) is 15.2. The van der Waals surface area contributed by atoms with Gasteiger partial charge in [-0.3, -0.25) is 5.41 Å². The predicted octanol–water partition coefficient (Wildman–Crippen LogP) is 3.17. The zero-order chi connectivity index (χ0) is 17.9. The van der Waals surface area contributed by atoms with Crippen LogP contribution in [0.5, 0.6) is 0 Å². The number of nitrogens with two attached hydrogens (primary N) is 1. The zero-order valence-corrected chi connectivity index (χ0v) is 16.0. The van der Waals surface area contributed by atoms with Gasteiger partial charge in [0.25, 0.3) is 0 Å². The van der Waals surface area contributed by atoms with Gasteiger partial charge in [0.05, 0.1) is 6.17 Å². The van der Waals surface area contributed by atoms with Crippen LogP contribution in [-0.4, -0.2) is 48.0 Å². The van der Waals surface area contributed by atoms with Crippen molar-refractivity contribution in [2.75, 3.05) is 26.2 Å². The Morgan fingerprint density at radius 1 is 1.19 bits per heavy atom. The molecule has 2 aliphatic rings. The Balaban J connectivity index is 1.35. The van der Waals surface area contributed by atoms with E-state index in [-0.39, 0.29) is 6.17 Å². The van der Waals surface area contributed by atoms with Crippen molar-refractivity contribution in [2.45, 2.75) is 31.8 Å². The van der Waals surface area contributed by atoms with Gasteiger partial charge in [-0.2, -0.15) is 0 Å². The molecule has 0 aliphatic carbocycles. The summed E-state index contributed by atoms with van der Waals surface area (Å²) in [7, 11) is 0. The standard InChI is InChI=1S/C21H28N4S/c22-20(25-11-4-7-19-18(21(25)23)10-14-26-19)17-9-13-24(15-17)12-8-16-5-2-1-3-6-16/h1-3,5-6,10,14,17,20,23H,4,7-9,11-13,15,22H2. The molecule has 4 nitrogen and oxygen atoms in total. The fourth-order valence-corrected chi connectivity index (χ4v) is 5.17. The second-order valence-corrected chi connectivity index (χ2v) is 8.48. The molecule has 0 amide bonds. The first-order valence-corrected chi connectivity index (χ1v) is 10.5. The van der Waals surface area contributed by atoms with Crippen molar-refractivity contribution >= 4 is 17.2 Å². The maximum Gasteiger partial charge on any atom is 0.130 e. The fraction of sp³-hybridized carbons (Fsp3) is 0.476. The number of hydrogen-bond acceptors (Lipinski definition) is 4. The van der Waals surface area contributed by atoms with Gasteiger partial charge in [-0.05, 0) is 49.2 Å². The van der Waals surface area contributed by atoms with Crippen LogP contribution in [0.15, 0.2) is 41.8 Å². The molecule has 3 N–H and O–H groups in total.